The molecule has 1 aromatic heterocycles. The van der Waals surface area contributed by atoms with Gasteiger partial charge in [0.15, 0.2) is 11.7 Å². The third-order valence-electron chi connectivity index (χ3n) is 4.56. The van der Waals surface area contributed by atoms with Crippen molar-refractivity contribution in [3.8, 4) is 11.3 Å². The molecule has 2 aromatic carbocycles. The summed E-state index contributed by atoms with van der Waals surface area (Å²) in [6.45, 7) is 6.48. The summed E-state index contributed by atoms with van der Waals surface area (Å²) in [4.78, 5) is 18.6. The highest BCUT2D eigenvalue weighted by Crippen LogP contribution is 2.25. The van der Waals surface area contributed by atoms with Crippen molar-refractivity contribution in [1.29, 1.82) is 0 Å². The molecule has 0 fully saturated rings. The molecule has 1 amide bonds. The number of anilines is 1. The average molecular weight is 384 g/mol. The van der Waals surface area contributed by atoms with Crippen molar-refractivity contribution in [3.63, 3.8) is 0 Å². The van der Waals surface area contributed by atoms with Crippen LogP contribution in [0.15, 0.2) is 47.0 Å². The monoisotopic (exact) mass is 384 g/mol. The summed E-state index contributed by atoms with van der Waals surface area (Å²) in [6, 6.07) is 9.24. The van der Waals surface area contributed by atoms with Crippen molar-refractivity contribution in [2.24, 2.45) is 0 Å². The van der Waals surface area contributed by atoms with Gasteiger partial charge in [-0.15, -0.1) is 0 Å². The van der Waals surface area contributed by atoms with Crippen LogP contribution in [0, 0.1) is 25.5 Å². The molecule has 4 nitrogen and oxygen atoms in total. The van der Waals surface area contributed by atoms with Gasteiger partial charge in [-0.05, 0) is 44.5 Å². The summed E-state index contributed by atoms with van der Waals surface area (Å²) >= 11 is 0. The van der Waals surface area contributed by atoms with Gasteiger partial charge in [-0.3, -0.25) is 4.79 Å². The molecule has 0 spiro atoms. The summed E-state index contributed by atoms with van der Waals surface area (Å²) in [6.07, 6.45) is 1.90. The van der Waals surface area contributed by atoms with Crippen LogP contribution >= 0.6 is 0 Å². The van der Waals surface area contributed by atoms with E-state index >= 15 is 0 Å². The van der Waals surface area contributed by atoms with Crippen LogP contribution in [0.3, 0.4) is 0 Å². The number of oxazole rings is 1. The number of nitrogens with zero attached hydrogens (tertiary/aromatic N) is 2. The number of hydrogen-bond acceptors (Lipinski definition) is 3. The molecule has 1 heterocycles. The normalized spacial score (nSPS) is 10.9. The van der Waals surface area contributed by atoms with Gasteiger partial charge < -0.3 is 9.32 Å². The van der Waals surface area contributed by atoms with E-state index in [2.05, 4.69) is 4.98 Å². The molecule has 3 rings (SSSR count). The Morgan fingerprint density at radius 3 is 2.61 bits per heavy atom. The first-order chi connectivity index (χ1) is 13.4. The Morgan fingerprint density at radius 2 is 1.93 bits per heavy atom. The molecule has 6 heteroatoms. The van der Waals surface area contributed by atoms with E-state index in [9.17, 15) is 13.6 Å². The molecule has 3 aromatic rings. The zero-order valence-corrected chi connectivity index (χ0v) is 16.1. The minimum Gasteiger partial charge on any atom is -0.441 e. The number of aryl methyl sites for hydroxylation is 3. The predicted octanol–water partition coefficient (Wildman–Crippen LogP) is 5.22. The highest BCUT2D eigenvalue weighted by Gasteiger charge is 2.18. The Morgan fingerprint density at radius 1 is 1.14 bits per heavy atom. The second kappa shape index (κ2) is 8.33. The van der Waals surface area contributed by atoms with E-state index in [1.807, 2.05) is 39.0 Å². The minimum atomic E-state index is -0.717. The number of hydrogen-bond donors (Lipinski definition) is 0. The van der Waals surface area contributed by atoms with Gasteiger partial charge in [-0.2, -0.15) is 0 Å². The Bertz CT molecular complexity index is 998. The van der Waals surface area contributed by atoms with Gasteiger partial charge in [0, 0.05) is 31.1 Å². The molecule has 146 valence electrons. The second-order valence-corrected chi connectivity index (χ2v) is 6.67. The smallest absolute Gasteiger partial charge is 0.227 e. The first kappa shape index (κ1) is 19.7. The van der Waals surface area contributed by atoms with E-state index in [0.717, 1.165) is 28.9 Å². The lowest BCUT2D eigenvalue weighted by molar-refractivity contribution is -0.118. The van der Waals surface area contributed by atoms with Crippen molar-refractivity contribution in [1.82, 2.24) is 4.98 Å². The van der Waals surface area contributed by atoms with E-state index in [0.29, 0.717) is 18.9 Å². The number of halogens is 2. The molecule has 0 saturated heterocycles. The summed E-state index contributed by atoms with van der Waals surface area (Å²) in [7, 11) is 0. The van der Waals surface area contributed by atoms with Gasteiger partial charge in [0.05, 0.1) is 11.8 Å². The van der Waals surface area contributed by atoms with E-state index in [4.69, 9.17) is 4.42 Å². The Hall–Kier alpha value is -3.02. The third kappa shape index (κ3) is 4.27. The first-order valence-electron chi connectivity index (χ1n) is 9.16. The summed E-state index contributed by atoms with van der Waals surface area (Å²) in [5.74, 6) is -0.865. The fourth-order valence-corrected chi connectivity index (χ4v) is 3.18. The fraction of sp³-hybridized carbons (Fsp3) is 0.273. The zero-order chi connectivity index (χ0) is 20.3. The van der Waals surface area contributed by atoms with E-state index in [1.165, 1.54) is 12.3 Å². The standard InChI is InChI=1S/C22H22F2N2O2/c1-4-26(19-8-5-14(2)11-15(19)3)22(27)10-9-21-25-13-20(28-21)17-7-6-16(23)12-18(17)24/h5-8,11-13H,4,9-10H2,1-3H3. The third-order valence-corrected chi connectivity index (χ3v) is 4.56. The molecule has 0 N–H and O–H groups in total. The summed E-state index contributed by atoms with van der Waals surface area (Å²) < 4.78 is 32.5. The number of aromatic nitrogens is 1. The van der Waals surface area contributed by atoms with Crippen molar-refractivity contribution in [2.45, 2.75) is 33.6 Å². The van der Waals surface area contributed by atoms with Crippen LogP contribution in [-0.4, -0.2) is 17.4 Å². The van der Waals surface area contributed by atoms with Gasteiger partial charge in [0.1, 0.15) is 11.6 Å². The SMILES string of the molecule is CCN(C(=O)CCc1ncc(-c2ccc(F)cc2F)o1)c1ccc(C)cc1C. The van der Waals surface area contributed by atoms with Crippen molar-refractivity contribution in [3.05, 3.63) is 71.2 Å². The van der Waals surface area contributed by atoms with E-state index < -0.39 is 11.6 Å². The van der Waals surface area contributed by atoms with Crippen LogP contribution < -0.4 is 4.90 Å². The van der Waals surface area contributed by atoms with Gasteiger partial charge in [0.25, 0.3) is 0 Å². The molecular weight excluding hydrogens is 362 g/mol. The lowest BCUT2D eigenvalue weighted by Crippen LogP contribution is -2.31. The zero-order valence-electron chi connectivity index (χ0n) is 16.1. The maximum atomic E-state index is 13.9. The van der Waals surface area contributed by atoms with Crippen LogP contribution in [0.5, 0.6) is 0 Å². The number of rotatable bonds is 6. The second-order valence-electron chi connectivity index (χ2n) is 6.67. The lowest BCUT2D eigenvalue weighted by atomic mass is 10.1. The Labute approximate surface area is 162 Å². The molecule has 0 aliphatic carbocycles. The maximum absolute atomic E-state index is 13.9. The number of amides is 1. The van der Waals surface area contributed by atoms with Crippen molar-refractivity contribution in [2.75, 3.05) is 11.4 Å². The molecule has 0 saturated carbocycles. The number of carbonyl (C=O) groups is 1. The Kier molecular flexibility index (Phi) is 5.87. The molecule has 0 aliphatic heterocycles. The summed E-state index contributed by atoms with van der Waals surface area (Å²) in [5, 5.41) is 0. The highest BCUT2D eigenvalue weighted by molar-refractivity contribution is 5.94. The molecule has 0 radical (unpaired) electrons. The van der Waals surface area contributed by atoms with Crippen LogP contribution in [0.2, 0.25) is 0 Å². The van der Waals surface area contributed by atoms with Gasteiger partial charge >= 0.3 is 0 Å². The van der Waals surface area contributed by atoms with Crippen molar-refractivity contribution >= 4 is 11.6 Å². The molecule has 28 heavy (non-hydrogen) atoms. The first-order valence-corrected chi connectivity index (χ1v) is 9.16. The minimum absolute atomic E-state index is 0.0397. The quantitative estimate of drug-likeness (QED) is 0.585. The molecule has 0 atom stereocenters. The predicted molar refractivity (Wildman–Crippen MR) is 104 cm³/mol. The van der Waals surface area contributed by atoms with E-state index in [-0.39, 0.29) is 23.7 Å². The van der Waals surface area contributed by atoms with Gasteiger partial charge in [-0.25, -0.2) is 13.8 Å². The summed E-state index contributed by atoms with van der Waals surface area (Å²) in [5.41, 5.74) is 3.21. The van der Waals surface area contributed by atoms with E-state index in [1.54, 1.807) is 4.90 Å². The maximum Gasteiger partial charge on any atom is 0.227 e. The Balaban J connectivity index is 1.69. The highest BCUT2D eigenvalue weighted by atomic mass is 19.1. The topological polar surface area (TPSA) is 46.3 Å². The molecule has 0 unspecified atom stereocenters. The van der Waals surface area contributed by atoms with Gasteiger partial charge in [-0.1, -0.05) is 17.7 Å². The number of benzene rings is 2. The van der Waals surface area contributed by atoms with Crippen LogP contribution in [0.1, 0.15) is 30.4 Å². The molecule has 0 bridgehead atoms. The average Bonchev–Trinajstić information content (AvgIpc) is 3.11. The van der Waals surface area contributed by atoms with Crippen molar-refractivity contribution < 1.29 is 18.0 Å². The van der Waals surface area contributed by atoms with Gasteiger partial charge in [0.2, 0.25) is 5.91 Å². The molecular formula is C22H22F2N2O2. The number of carbonyl (C=O) groups excluding carboxylic acids is 1. The van der Waals surface area contributed by atoms with Crippen LogP contribution in [0.4, 0.5) is 14.5 Å². The lowest BCUT2D eigenvalue weighted by Gasteiger charge is -2.23. The molecule has 0 aliphatic rings. The largest absolute Gasteiger partial charge is 0.441 e. The van der Waals surface area contributed by atoms with Crippen LogP contribution in [0.25, 0.3) is 11.3 Å². The van der Waals surface area contributed by atoms with Crippen LogP contribution in [-0.2, 0) is 11.2 Å². The fourth-order valence-electron chi connectivity index (χ4n) is 3.18.